The first kappa shape index (κ1) is 90.8. The van der Waals surface area contributed by atoms with E-state index in [0.717, 1.165) is 39.0 Å². The zero-order valence-corrected chi connectivity index (χ0v) is 66.7. The van der Waals surface area contributed by atoms with Crippen LogP contribution >= 0.6 is 0 Å². The highest BCUT2D eigenvalue weighted by molar-refractivity contribution is 5.99. The molecule has 8 N–H and O–H groups in total. The van der Waals surface area contributed by atoms with Crippen LogP contribution < -0.4 is 26.6 Å². The number of hydrogen-bond acceptors (Lipinski definition) is 15. The molecule has 0 fully saturated rings. The lowest BCUT2D eigenvalue weighted by atomic mass is 9.91. The Morgan fingerprint density at radius 1 is 0.448 bits per heavy atom. The number of likely N-dealkylation sites (N-methyl/N-ethyl adjacent to an activating group) is 6. The number of fused-ring (bicyclic) bond motifs is 3. The van der Waals surface area contributed by atoms with Crippen molar-refractivity contribution in [3.63, 3.8) is 0 Å². The van der Waals surface area contributed by atoms with Gasteiger partial charge < -0.3 is 71.1 Å². The number of nitrogens with one attached hydrogen (secondary N) is 5. The molecule has 2 aromatic carbocycles. The minimum atomic E-state index is -1.79. The van der Waals surface area contributed by atoms with E-state index in [1.807, 2.05) is 118 Å². The van der Waals surface area contributed by atoms with Gasteiger partial charge in [-0.1, -0.05) is 151 Å². The molecule has 0 aromatic heterocycles. The maximum absolute atomic E-state index is 14.8. The standard InChI is InChI=1S/C78H125N11O16/c1-25-26-31-48(14)66(91)65(71(96)83-63(52(18)90)77(102)103)89(24)76(101)64(47(12)13)88(23)75(100)59(37-43(4)5)82-69(94)61(39-45(8)9)85(20)72(97)50(16)80-67(92)49(15)79-68(93)60(38-44(6)7)87(22)74(99)58(36-42(2)3)81-70(95)62(40-46(10)11)86(21)73(98)51(17)84(19)78(104)105-41-57-55-34-29-27-32-53(55)54-33-28-30-35-56(54)57/h25-30,32-35,42-52,57-66,90-91H,31,36-41H2,1-24H3,(H,79,93)(H,80,92)(H,81,95)(H,82,94)(H,83,96)(H,102,103)/t48-,49+,50-,51-,52-,58+,59+,60+,61+,62+,63+,64+,65+,66-/m1/s1. The molecule has 0 bridgehead atoms. The van der Waals surface area contributed by atoms with Gasteiger partial charge in [0.05, 0.1) is 12.2 Å². The van der Waals surface area contributed by atoms with E-state index in [9.17, 15) is 72.9 Å². The molecule has 0 heterocycles. The minimum absolute atomic E-state index is 0.0330. The van der Waals surface area contributed by atoms with Crippen LogP contribution in [0.3, 0.4) is 0 Å². The fourth-order valence-corrected chi connectivity index (χ4v) is 13.3. The van der Waals surface area contributed by atoms with E-state index >= 15 is 0 Å². The second-order valence-corrected chi connectivity index (χ2v) is 31.1. The smallest absolute Gasteiger partial charge is 0.410 e. The number of carbonyl (C=O) groups excluding carboxylic acids is 11. The van der Waals surface area contributed by atoms with Crippen molar-refractivity contribution in [3.8, 4) is 11.1 Å². The van der Waals surface area contributed by atoms with Crippen molar-refractivity contribution in [2.24, 2.45) is 41.4 Å². The normalized spacial score (nSPS) is 16.2. The van der Waals surface area contributed by atoms with Crippen molar-refractivity contribution >= 4 is 71.1 Å². The number of carboxylic acid groups (broad SMARTS) is 1. The van der Waals surface area contributed by atoms with E-state index in [2.05, 4.69) is 26.6 Å². The predicted octanol–water partition coefficient (Wildman–Crippen LogP) is 6.17. The highest BCUT2D eigenvalue weighted by Crippen LogP contribution is 2.44. The minimum Gasteiger partial charge on any atom is -0.480 e. The predicted molar refractivity (Wildman–Crippen MR) is 402 cm³/mol. The Kier molecular flexibility index (Phi) is 35.8. The van der Waals surface area contributed by atoms with E-state index in [1.165, 1.54) is 75.7 Å². The molecule has 3 rings (SSSR count). The van der Waals surface area contributed by atoms with Gasteiger partial charge in [0.1, 0.15) is 67.0 Å². The Morgan fingerprint density at radius 3 is 1.25 bits per heavy atom. The van der Waals surface area contributed by atoms with Gasteiger partial charge in [0.2, 0.25) is 59.1 Å². The number of ether oxygens (including phenoxy) is 1. The topological polar surface area (TPSA) is 354 Å². The first-order valence-corrected chi connectivity index (χ1v) is 37.0. The molecule has 1 aliphatic carbocycles. The molecule has 588 valence electrons. The molecule has 2 aromatic rings. The molecule has 27 heteroatoms. The number of hydrogen-bond donors (Lipinski definition) is 8. The fraction of sp³-hybridized carbons (Fsp3) is 0.667. The monoisotopic (exact) mass is 1470 g/mol. The lowest BCUT2D eigenvalue weighted by molar-refractivity contribution is -0.155. The largest absolute Gasteiger partial charge is 0.480 e. The summed E-state index contributed by atoms with van der Waals surface area (Å²) in [5.74, 6) is -11.1. The van der Waals surface area contributed by atoms with Crippen LogP contribution in [0, 0.1) is 41.4 Å². The molecule has 0 saturated heterocycles. The van der Waals surface area contributed by atoms with Crippen LogP contribution in [0.25, 0.3) is 11.1 Å². The van der Waals surface area contributed by atoms with Crippen LogP contribution in [0.15, 0.2) is 60.7 Å². The third-order valence-electron chi connectivity index (χ3n) is 19.5. The number of nitrogens with zero attached hydrogens (tertiary/aromatic N) is 6. The molecular formula is C78H125N11O16. The Labute approximate surface area is 623 Å². The molecule has 0 saturated carbocycles. The Balaban J connectivity index is 1.82. The molecule has 11 amide bonds. The van der Waals surface area contributed by atoms with Crippen LogP contribution in [-0.4, -0.2) is 243 Å². The Morgan fingerprint density at radius 2 is 0.838 bits per heavy atom. The van der Waals surface area contributed by atoms with Gasteiger partial charge in [0.25, 0.3) is 0 Å². The number of benzene rings is 2. The third kappa shape index (κ3) is 25.1. The summed E-state index contributed by atoms with van der Waals surface area (Å²) in [6, 6.07) is 1.52. The Hall–Kier alpha value is -8.46. The van der Waals surface area contributed by atoms with E-state index in [1.54, 1.807) is 46.8 Å². The van der Waals surface area contributed by atoms with Gasteiger partial charge in [-0.25, -0.2) is 9.59 Å². The summed E-state index contributed by atoms with van der Waals surface area (Å²) in [7, 11) is 8.38. The fourth-order valence-electron chi connectivity index (χ4n) is 13.3. The molecule has 0 unspecified atom stereocenters. The van der Waals surface area contributed by atoms with Gasteiger partial charge in [0, 0.05) is 48.2 Å². The van der Waals surface area contributed by atoms with Crippen LogP contribution in [0.5, 0.6) is 0 Å². The molecule has 0 radical (unpaired) electrons. The number of aliphatic hydroxyl groups excluding tert-OH is 2. The van der Waals surface area contributed by atoms with Crippen LogP contribution in [0.1, 0.15) is 180 Å². The number of carboxylic acids is 1. The lowest BCUT2D eigenvalue weighted by Gasteiger charge is -2.40. The number of aliphatic hydroxyl groups is 2. The quantitative estimate of drug-likeness (QED) is 0.0346. The van der Waals surface area contributed by atoms with Crippen molar-refractivity contribution in [1.29, 1.82) is 0 Å². The first-order chi connectivity index (χ1) is 48.8. The second-order valence-electron chi connectivity index (χ2n) is 31.1. The van der Waals surface area contributed by atoms with Crippen LogP contribution in [0.2, 0.25) is 0 Å². The van der Waals surface area contributed by atoms with Gasteiger partial charge >= 0.3 is 12.1 Å². The Bertz CT molecular complexity index is 3290. The maximum Gasteiger partial charge on any atom is 0.410 e. The van der Waals surface area contributed by atoms with Gasteiger partial charge in [-0.3, -0.25) is 52.8 Å². The van der Waals surface area contributed by atoms with Gasteiger partial charge in [0.15, 0.2) is 6.04 Å². The van der Waals surface area contributed by atoms with Crippen LogP contribution in [-0.2, 0) is 57.5 Å². The number of amides is 11. The average Bonchev–Trinajstić information content (AvgIpc) is 1.63. The van der Waals surface area contributed by atoms with Crippen molar-refractivity contribution in [1.82, 2.24) is 56.0 Å². The zero-order valence-electron chi connectivity index (χ0n) is 66.7. The van der Waals surface area contributed by atoms with E-state index < -0.39 is 162 Å². The zero-order chi connectivity index (χ0) is 80.1. The SMILES string of the molecule is CC=CC[C@@H](C)[C@@H](O)[C@@H](C(=O)N[C@H](C(=O)O)[C@@H](C)O)N(C)C(=O)[C@H](C(C)C)N(C)C(=O)[C@H](CC(C)C)NC(=O)[C@H](CC(C)C)N(C)C(=O)[C@@H](C)NC(=O)[C@H](C)NC(=O)[C@H](CC(C)C)N(C)C(=O)[C@H](CC(C)C)NC(=O)[C@H](CC(C)C)N(C)C(=O)[C@@H](C)N(C)C(=O)OCC1c2ccccc2-c2ccccc21. The summed E-state index contributed by atoms with van der Waals surface area (Å²) in [6.07, 6.45) is 0.567. The molecule has 27 nitrogen and oxygen atoms in total. The summed E-state index contributed by atoms with van der Waals surface area (Å²) in [5, 5.41) is 45.1. The van der Waals surface area contributed by atoms with Gasteiger partial charge in [-0.15, -0.1) is 0 Å². The highest BCUT2D eigenvalue weighted by atomic mass is 16.6. The number of rotatable bonds is 40. The van der Waals surface area contributed by atoms with Crippen molar-refractivity contribution in [2.75, 3.05) is 48.9 Å². The van der Waals surface area contributed by atoms with Gasteiger partial charge in [-0.2, -0.15) is 0 Å². The maximum atomic E-state index is 14.8. The van der Waals surface area contributed by atoms with Crippen LogP contribution in [0.4, 0.5) is 4.79 Å². The van der Waals surface area contributed by atoms with Crippen molar-refractivity contribution in [3.05, 3.63) is 71.8 Å². The molecule has 1 aliphatic rings. The van der Waals surface area contributed by atoms with E-state index in [-0.39, 0.29) is 80.6 Å². The van der Waals surface area contributed by atoms with E-state index in [0.29, 0.717) is 0 Å². The molecule has 0 aliphatic heterocycles. The number of carbonyl (C=O) groups is 12. The summed E-state index contributed by atoms with van der Waals surface area (Å²) in [5.41, 5.74) is 4.18. The first-order valence-electron chi connectivity index (χ1n) is 37.0. The summed E-state index contributed by atoms with van der Waals surface area (Å²) in [4.78, 5) is 178. The molecule has 0 spiro atoms. The summed E-state index contributed by atoms with van der Waals surface area (Å²) < 4.78 is 5.87. The lowest BCUT2D eigenvalue weighted by Crippen LogP contribution is -2.63. The molecule has 105 heavy (non-hydrogen) atoms. The third-order valence-corrected chi connectivity index (χ3v) is 19.5. The van der Waals surface area contributed by atoms with E-state index in [4.69, 9.17) is 4.74 Å². The summed E-state index contributed by atoms with van der Waals surface area (Å²) in [6.45, 7) is 30.8. The van der Waals surface area contributed by atoms with Crippen molar-refractivity contribution < 1.29 is 77.6 Å². The average molecular weight is 1470 g/mol. The second kappa shape index (κ2) is 41.4. The highest BCUT2D eigenvalue weighted by Gasteiger charge is 2.45. The van der Waals surface area contributed by atoms with Crippen molar-refractivity contribution in [2.45, 2.75) is 248 Å². The summed E-state index contributed by atoms with van der Waals surface area (Å²) >= 11 is 0. The molecular weight excluding hydrogens is 1350 g/mol. The molecule has 14 atom stereocenters. The number of allylic oxidation sites excluding steroid dienone is 2. The van der Waals surface area contributed by atoms with Gasteiger partial charge in [-0.05, 0) is 137 Å². The number of aliphatic carboxylic acids is 1.